The van der Waals surface area contributed by atoms with Crippen molar-refractivity contribution in [2.24, 2.45) is 0 Å². The van der Waals surface area contributed by atoms with Gasteiger partial charge in [0.05, 0.1) is 12.7 Å². The first-order chi connectivity index (χ1) is 15.4. The highest BCUT2D eigenvalue weighted by Gasteiger charge is 2.12. The van der Waals surface area contributed by atoms with Gasteiger partial charge in [-0.3, -0.25) is 4.79 Å². The molecule has 0 aliphatic carbocycles. The highest BCUT2D eigenvalue weighted by atomic mass is 35.5. The van der Waals surface area contributed by atoms with Crippen LogP contribution in [-0.4, -0.2) is 19.0 Å². The highest BCUT2D eigenvalue weighted by molar-refractivity contribution is 6.31. The third kappa shape index (κ3) is 5.81. The van der Waals surface area contributed by atoms with Crippen molar-refractivity contribution in [1.29, 1.82) is 5.26 Å². The number of halogens is 2. The van der Waals surface area contributed by atoms with Crippen LogP contribution in [0, 0.1) is 17.1 Å². The summed E-state index contributed by atoms with van der Waals surface area (Å²) in [5, 5.41) is 12.5. The second-order valence-electron chi connectivity index (χ2n) is 6.85. The number of rotatable bonds is 6. The molecule has 0 bridgehead atoms. The van der Waals surface area contributed by atoms with Crippen molar-refractivity contribution in [2.75, 3.05) is 12.4 Å². The van der Waals surface area contributed by atoms with Crippen LogP contribution in [0.2, 0.25) is 5.02 Å². The van der Waals surface area contributed by atoms with Crippen LogP contribution in [0.15, 0.2) is 72.3 Å². The Balaban J connectivity index is 1.73. The molecule has 0 atom stereocenters. The first kappa shape index (κ1) is 22.7. The molecule has 32 heavy (non-hydrogen) atoms. The van der Waals surface area contributed by atoms with E-state index < -0.39 is 11.9 Å². The number of nitriles is 1. The van der Waals surface area contributed by atoms with E-state index in [1.807, 2.05) is 12.1 Å². The van der Waals surface area contributed by atoms with Gasteiger partial charge in [0.25, 0.3) is 5.91 Å². The van der Waals surface area contributed by atoms with E-state index in [2.05, 4.69) is 10.1 Å². The molecule has 0 heterocycles. The first-order valence-electron chi connectivity index (χ1n) is 9.54. The Morgan fingerprint density at radius 3 is 2.50 bits per heavy atom. The summed E-state index contributed by atoms with van der Waals surface area (Å²) in [6, 6.07) is 19.4. The number of hydrogen-bond acceptors (Lipinski definition) is 4. The zero-order chi connectivity index (χ0) is 23.1. The maximum absolute atomic E-state index is 13.4. The van der Waals surface area contributed by atoms with Gasteiger partial charge in [-0.15, -0.1) is 0 Å². The number of nitrogens with one attached hydrogen (secondary N) is 1. The van der Waals surface area contributed by atoms with Gasteiger partial charge in [0.15, 0.2) is 0 Å². The van der Waals surface area contributed by atoms with Crippen LogP contribution in [0.3, 0.4) is 0 Å². The molecule has 5 nitrogen and oxygen atoms in total. The fraction of sp³-hybridized carbons (Fsp3) is 0.0800. The monoisotopic (exact) mass is 448 g/mol. The summed E-state index contributed by atoms with van der Waals surface area (Å²) in [5.74, 6) is -1.40. The third-order valence-electron chi connectivity index (χ3n) is 4.60. The van der Waals surface area contributed by atoms with Crippen molar-refractivity contribution >= 4 is 35.2 Å². The quantitative estimate of drug-likeness (QED) is 0.311. The summed E-state index contributed by atoms with van der Waals surface area (Å²) >= 11 is 6.36. The fourth-order valence-corrected chi connectivity index (χ4v) is 3.24. The molecule has 0 saturated heterocycles. The molecule has 0 aliphatic heterocycles. The molecule has 0 radical (unpaired) electrons. The molecule has 0 spiro atoms. The van der Waals surface area contributed by atoms with Crippen LogP contribution in [-0.2, 0) is 16.0 Å². The summed E-state index contributed by atoms with van der Waals surface area (Å²) < 4.78 is 18.0. The van der Waals surface area contributed by atoms with E-state index >= 15 is 0 Å². The number of nitrogens with zero attached hydrogens (tertiary/aromatic N) is 1. The molecule has 0 aliphatic rings. The maximum atomic E-state index is 13.4. The van der Waals surface area contributed by atoms with Gasteiger partial charge in [0, 0.05) is 10.7 Å². The zero-order valence-corrected chi connectivity index (χ0v) is 17.8. The number of benzene rings is 3. The lowest BCUT2D eigenvalue weighted by Gasteiger charge is -2.07. The van der Waals surface area contributed by atoms with Crippen LogP contribution < -0.4 is 5.32 Å². The van der Waals surface area contributed by atoms with Crippen LogP contribution in [0.1, 0.15) is 27.0 Å². The van der Waals surface area contributed by atoms with E-state index in [0.717, 1.165) is 11.1 Å². The summed E-state index contributed by atoms with van der Waals surface area (Å²) in [5.41, 5.74) is 2.80. The van der Waals surface area contributed by atoms with E-state index in [9.17, 15) is 19.2 Å². The van der Waals surface area contributed by atoms with E-state index in [1.54, 1.807) is 24.3 Å². The minimum Gasteiger partial charge on any atom is -0.465 e. The Morgan fingerprint density at radius 1 is 1.12 bits per heavy atom. The zero-order valence-electron chi connectivity index (χ0n) is 17.1. The second-order valence-corrected chi connectivity index (χ2v) is 7.26. The van der Waals surface area contributed by atoms with Gasteiger partial charge < -0.3 is 10.1 Å². The minimum atomic E-state index is -0.599. The first-order valence-corrected chi connectivity index (χ1v) is 9.92. The van der Waals surface area contributed by atoms with Crippen molar-refractivity contribution in [3.63, 3.8) is 0 Å². The second kappa shape index (κ2) is 10.4. The molecule has 3 aromatic rings. The average Bonchev–Trinajstić information content (AvgIpc) is 2.79. The van der Waals surface area contributed by atoms with Crippen molar-refractivity contribution < 1.29 is 18.7 Å². The van der Waals surface area contributed by atoms with E-state index in [4.69, 9.17) is 11.6 Å². The maximum Gasteiger partial charge on any atom is 0.337 e. The number of amides is 1. The molecule has 0 unspecified atom stereocenters. The van der Waals surface area contributed by atoms with E-state index in [1.165, 1.54) is 49.6 Å². The number of methoxy groups -OCH3 is 1. The lowest BCUT2D eigenvalue weighted by Crippen LogP contribution is -2.13. The Kier molecular flexibility index (Phi) is 7.37. The van der Waals surface area contributed by atoms with Crippen molar-refractivity contribution in [1.82, 2.24) is 0 Å². The topological polar surface area (TPSA) is 79.2 Å². The lowest BCUT2D eigenvalue weighted by atomic mass is 10.0. The molecule has 3 rings (SSSR count). The molecule has 0 saturated carbocycles. The van der Waals surface area contributed by atoms with E-state index in [-0.39, 0.29) is 11.4 Å². The molecule has 160 valence electrons. The van der Waals surface area contributed by atoms with Crippen molar-refractivity contribution in [2.45, 2.75) is 6.42 Å². The predicted molar refractivity (Wildman–Crippen MR) is 121 cm³/mol. The van der Waals surface area contributed by atoms with Crippen molar-refractivity contribution in [3.05, 3.63) is 105 Å². The van der Waals surface area contributed by atoms with Gasteiger partial charge in [-0.1, -0.05) is 35.9 Å². The largest absolute Gasteiger partial charge is 0.465 e. The molecule has 1 N–H and O–H groups in total. The smallest absolute Gasteiger partial charge is 0.337 e. The molecule has 0 aromatic heterocycles. The molecule has 0 fully saturated rings. The molecular formula is C25H18ClFN2O3. The SMILES string of the molecule is COC(=O)c1ccc(NC(=O)/C(C#N)=C/c2ccc(Cc3cccc(F)c3)c(Cl)c2)cc1. The molecule has 3 aromatic carbocycles. The van der Waals surface area contributed by atoms with Crippen LogP contribution in [0.25, 0.3) is 6.08 Å². The Labute approximate surface area is 189 Å². The number of hydrogen-bond donors (Lipinski definition) is 1. The number of anilines is 1. The number of carbonyl (C=O) groups excluding carboxylic acids is 2. The van der Waals surface area contributed by atoms with Gasteiger partial charge in [-0.05, 0) is 71.7 Å². The van der Waals surface area contributed by atoms with Crippen LogP contribution >= 0.6 is 11.6 Å². The number of esters is 1. The Hall–Kier alpha value is -3.95. The summed E-state index contributed by atoms with van der Waals surface area (Å²) in [6.45, 7) is 0. The summed E-state index contributed by atoms with van der Waals surface area (Å²) in [7, 11) is 1.28. The predicted octanol–water partition coefficient (Wildman–Crippen LogP) is 5.40. The Morgan fingerprint density at radius 2 is 1.88 bits per heavy atom. The molecule has 1 amide bonds. The van der Waals surface area contributed by atoms with Crippen LogP contribution in [0.4, 0.5) is 10.1 Å². The van der Waals surface area contributed by atoms with Crippen molar-refractivity contribution in [3.8, 4) is 6.07 Å². The standard InChI is InChI=1S/C25H18ClFN2O3/c1-32-25(31)18-7-9-22(10-8-18)29-24(30)20(15-28)12-17-5-6-19(23(26)14-17)11-16-3-2-4-21(27)13-16/h2-10,12-14H,11H2,1H3,(H,29,30)/b20-12+. The highest BCUT2D eigenvalue weighted by Crippen LogP contribution is 2.23. The van der Waals surface area contributed by atoms with Gasteiger partial charge in [0.1, 0.15) is 17.5 Å². The van der Waals surface area contributed by atoms with Gasteiger partial charge in [0.2, 0.25) is 0 Å². The molecular weight excluding hydrogens is 431 g/mol. The number of carbonyl (C=O) groups is 2. The third-order valence-corrected chi connectivity index (χ3v) is 4.95. The van der Waals surface area contributed by atoms with Gasteiger partial charge >= 0.3 is 5.97 Å². The minimum absolute atomic E-state index is 0.115. The fourth-order valence-electron chi connectivity index (χ4n) is 2.98. The lowest BCUT2D eigenvalue weighted by molar-refractivity contribution is -0.112. The van der Waals surface area contributed by atoms with E-state index in [0.29, 0.717) is 28.3 Å². The number of ether oxygens (including phenoxy) is 1. The normalized spacial score (nSPS) is 10.9. The van der Waals surface area contributed by atoms with Gasteiger partial charge in [-0.2, -0.15) is 5.26 Å². The van der Waals surface area contributed by atoms with Gasteiger partial charge in [-0.25, -0.2) is 9.18 Å². The summed E-state index contributed by atoms with van der Waals surface area (Å²) in [6.07, 6.45) is 1.88. The average molecular weight is 449 g/mol. The Bertz CT molecular complexity index is 1230. The summed E-state index contributed by atoms with van der Waals surface area (Å²) in [4.78, 5) is 24.0. The molecule has 7 heteroatoms. The van der Waals surface area contributed by atoms with Crippen LogP contribution in [0.5, 0.6) is 0 Å².